The minimum atomic E-state index is -0.571. The molecular weight excluding hydrogens is 306 g/mol. The lowest BCUT2D eigenvalue weighted by Gasteiger charge is -2.07. The summed E-state index contributed by atoms with van der Waals surface area (Å²) >= 11 is 0. The number of rotatable bonds is 5. The third kappa shape index (κ3) is 3.44. The number of primary amides is 1. The molecule has 2 aromatic heterocycles. The summed E-state index contributed by atoms with van der Waals surface area (Å²) in [6.45, 7) is 0. The van der Waals surface area contributed by atoms with Crippen LogP contribution in [0.3, 0.4) is 0 Å². The first-order valence-corrected chi connectivity index (χ1v) is 7.13. The van der Waals surface area contributed by atoms with Crippen LogP contribution in [-0.2, 0) is 0 Å². The molecule has 6 nitrogen and oxygen atoms in total. The molecule has 3 aromatic rings. The lowest BCUT2D eigenvalue weighted by atomic mass is 10.1. The molecule has 2 heterocycles. The molecular formula is C18H13N3O3. The van der Waals surface area contributed by atoms with Gasteiger partial charge in [0.1, 0.15) is 17.1 Å². The Balaban J connectivity index is 1.81. The van der Waals surface area contributed by atoms with Gasteiger partial charge in [-0.05, 0) is 42.5 Å². The van der Waals surface area contributed by atoms with E-state index in [9.17, 15) is 9.59 Å². The zero-order valence-corrected chi connectivity index (χ0v) is 12.5. The highest BCUT2D eigenvalue weighted by Gasteiger charge is 2.06. The van der Waals surface area contributed by atoms with Gasteiger partial charge in [0.15, 0.2) is 6.29 Å². The Morgan fingerprint density at radius 3 is 2.42 bits per heavy atom. The van der Waals surface area contributed by atoms with Crippen LogP contribution in [0.1, 0.15) is 21.0 Å². The largest absolute Gasteiger partial charge is 0.439 e. The summed E-state index contributed by atoms with van der Waals surface area (Å²) in [4.78, 5) is 30.2. The topological polar surface area (TPSA) is 95.2 Å². The summed E-state index contributed by atoms with van der Waals surface area (Å²) in [6.07, 6.45) is 0.660. The van der Waals surface area contributed by atoms with Crippen LogP contribution in [0, 0.1) is 0 Å². The molecule has 0 radical (unpaired) electrons. The minimum Gasteiger partial charge on any atom is -0.439 e. The van der Waals surface area contributed by atoms with E-state index in [0.717, 1.165) is 5.56 Å². The van der Waals surface area contributed by atoms with E-state index in [2.05, 4.69) is 9.97 Å². The molecule has 0 saturated carbocycles. The van der Waals surface area contributed by atoms with E-state index in [1.165, 1.54) is 0 Å². The fourth-order valence-corrected chi connectivity index (χ4v) is 2.10. The first-order valence-electron chi connectivity index (χ1n) is 7.13. The maximum Gasteiger partial charge on any atom is 0.267 e. The van der Waals surface area contributed by atoms with Gasteiger partial charge >= 0.3 is 0 Å². The van der Waals surface area contributed by atoms with E-state index in [1.54, 1.807) is 48.5 Å². The third-order valence-electron chi connectivity index (χ3n) is 3.24. The summed E-state index contributed by atoms with van der Waals surface area (Å²) in [5, 5.41) is 0. The molecule has 2 N–H and O–H groups in total. The molecule has 0 saturated heterocycles. The number of amides is 1. The van der Waals surface area contributed by atoms with Crippen LogP contribution < -0.4 is 10.5 Å². The van der Waals surface area contributed by atoms with Crippen LogP contribution in [0.4, 0.5) is 0 Å². The summed E-state index contributed by atoms with van der Waals surface area (Å²) in [6, 6.07) is 17.2. The van der Waals surface area contributed by atoms with E-state index < -0.39 is 5.91 Å². The SMILES string of the molecule is NC(=O)c1cccc(-c2ccc(Oc3cccc(C=O)n3)cc2)n1. The van der Waals surface area contributed by atoms with Crippen LogP contribution in [0.15, 0.2) is 60.7 Å². The fourth-order valence-electron chi connectivity index (χ4n) is 2.10. The molecule has 0 unspecified atom stereocenters. The van der Waals surface area contributed by atoms with Crippen molar-refractivity contribution in [2.45, 2.75) is 0 Å². The molecule has 1 aromatic carbocycles. The van der Waals surface area contributed by atoms with Crippen molar-refractivity contribution in [3.05, 3.63) is 72.1 Å². The van der Waals surface area contributed by atoms with Crippen LogP contribution in [0.25, 0.3) is 11.3 Å². The number of hydrogen-bond donors (Lipinski definition) is 1. The number of carbonyl (C=O) groups is 2. The van der Waals surface area contributed by atoms with Crippen LogP contribution in [0.5, 0.6) is 11.6 Å². The van der Waals surface area contributed by atoms with Crippen molar-refractivity contribution >= 4 is 12.2 Å². The van der Waals surface area contributed by atoms with E-state index in [-0.39, 0.29) is 5.69 Å². The lowest BCUT2D eigenvalue weighted by Crippen LogP contribution is -2.12. The molecule has 0 atom stereocenters. The quantitative estimate of drug-likeness (QED) is 0.730. The van der Waals surface area contributed by atoms with Crippen molar-refractivity contribution in [1.29, 1.82) is 0 Å². The number of aromatic nitrogens is 2. The number of benzene rings is 1. The lowest BCUT2D eigenvalue weighted by molar-refractivity contribution is 0.0995. The van der Waals surface area contributed by atoms with Crippen molar-refractivity contribution in [1.82, 2.24) is 9.97 Å². The van der Waals surface area contributed by atoms with Gasteiger partial charge in [-0.15, -0.1) is 0 Å². The van der Waals surface area contributed by atoms with Gasteiger partial charge in [-0.2, -0.15) is 0 Å². The number of aldehydes is 1. The molecule has 1 amide bonds. The molecule has 0 aliphatic heterocycles. The smallest absolute Gasteiger partial charge is 0.267 e. The van der Waals surface area contributed by atoms with Gasteiger partial charge in [-0.3, -0.25) is 9.59 Å². The zero-order valence-electron chi connectivity index (χ0n) is 12.5. The van der Waals surface area contributed by atoms with Crippen LogP contribution >= 0.6 is 0 Å². The normalized spacial score (nSPS) is 10.2. The number of carbonyl (C=O) groups excluding carboxylic acids is 2. The molecule has 24 heavy (non-hydrogen) atoms. The Bertz CT molecular complexity index is 892. The predicted molar refractivity (Wildman–Crippen MR) is 87.9 cm³/mol. The molecule has 118 valence electrons. The maximum absolute atomic E-state index is 11.2. The fraction of sp³-hybridized carbons (Fsp3) is 0. The highest BCUT2D eigenvalue weighted by molar-refractivity contribution is 5.91. The highest BCUT2D eigenvalue weighted by Crippen LogP contribution is 2.24. The highest BCUT2D eigenvalue weighted by atomic mass is 16.5. The molecule has 6 heteroatoms. The second-order valence-corrected chi connectivity index (χ2v) is 4.92. The van der Waals surface area contributed by atoms with E-state index >= 15 is 0 Å². The second kappa shape index (κ2) is 6.70. The van der Waals surface area contributed by atoms with Gasteiger partial charge in [-0.1, -0.05) is 12.1 Å². The number of nitrogens with two attached hydrogens (primary N) is 1. The van der Waals surface area contributed by atoms with Crippen molar-refractivity contribution in [2.24, 2.45) is 5.73 Å². The van der Waals surface area contributed by atoms with Gasteiger partial charge in [0.05, 0.1) is 5.69 Å². The first kappa shape index (κ1) is 15.4. The monoisotopic (exact) mass is 319 g/mol. The molecule has 0 bridgehead atoms. The number of hydrogen-bond acceptors (Lipinski definition) is 5. The van der Waals surface area contributed by atoms with E-state index in [1.807, 2.05) is 12.1 Å². The van der Waals surface area contributed by atoms with Crippen LogP contribution in [-0.4, -0.2) is 22.2 Å². The average Bonchev–Trinajstić information content (AvgIpc) is 2.62. The third-order valence-corrected chi connectivity index (χ3v) is 3.24. The second-order valence-electron chi connectivity index (χ2n) is 4.92. The first-order chi connectivity index (χ1) is 11.7. The predicted octanol–water partition coefficient (Wildman–Crippen LogP) is 2.85. The van der Waals surface area contributed by atoms with Gasteiger partial charge < -0.3 is 10.5 Å². The van der Waals surface area contributed by atoms with Crippen molar-refractivity contribution < 1.29 is 14.3 Å². The Morgan fingerprint density at radius 2 is 1.71 bits per heavy atom. The molecule has 0 aliphatic carbocycles. The maximum atomic E-state index is 11.2. The Kier molecular flexibility index (Phi) is 4.29. The Labute approximate surface area is 137 Å². The summed E-state index contributed by atoms with van der Waals surface area (Å²) < 4.78 is 5.61. The van der Waals surface area contributed by atoms with Crippen LogP contribution in [0.2, 0.25) is 0 Å². The van der Waals surface area contributed by atoms with Crippen molar-refractivity contribution in [3.8, 4) is 22.9 Å². The zero-order chi connectivity index (χ0) is 16.9. The Hall–Kier alpha value is -3.54. The van der Waals surface area contributed by atoms with Gasteiger partial charge in [-0.25, -0.2) is 9.97 Å². The summed E-state index contributed by atoms with van der Waals surface area (Å²) in [7, 11) is 0. The molecule has 0 spiro atoms. The molecule has 3 rings (SSSR count). The van der Waals surface area contributed by atoms with E-state index in [0.29, 0.717) is 29.3 Å². The molecule has 0 fully saturated rings. The summed E-state index contributed by atoms with van der Waals surface area (Å²) in [5.41, 5.74) is 7.21. The molecule has 0 aliphatic rings. The van der Waals surface area contributed by atoms with Gasteiger partial charge in [0.2, 0.25) is 5.88 Å². The number of nitrogens with zero attached hydrogens (tertiary/aromatic N) is 2. The standard InChI is InChI=1S/C18H13N3O3/c19-18(23)16-5-2-4-15(21-16)12-7-9-14(10-8-12)24-17-6-1-3-13(11-22)20-17/h1-11H,(H2,19,23). The average molecular weight is 319 g/mol. The van der Waals surface area contributed by atoms with E-state index in [4.69, 9.17) is 10.5 Å². The summed E-state index contributed by atoms with van der Waals surface area (Å²) in [5.74, 6) is 0.333. The van der Waals surface area contributed by atoms with Crippen molar-refractivity contribution in [3.63, 3.8) is 0 Å². The minimum absolute atomic E-state index is 0.211. The Morgan fingerprint density at radius 1 is 0.958 bits per heavy atom. The number of pyridine rings is 2. The number of ether oxygens (including phenoxy) is 1. The van der Waals surface area contributed by atoms with Gasteiger partial charge in [0.25, 0.3) is 5.91 Å². The van der Waals surface area contributed by atoms with Crippen molar-refractivity contribution in [2.75, 3.05) is 0 Å². The van der Waals surface area contributed by atoms with Gasteiger partial charge in [0, 0.05) is 11.6 Å².